The highest BCUT2D eigenvalue weighted by molar-refractivity contribution is 7.80. The number of benzene rings is 1. The summed E-state index contributed by atoms with van der Waals surface area (Å²) in [5.74, 6) is 0.834. The predicted molar refractivity (Wildman–Crippen MR) is 77.2 cm³/mol. The highest BCUT2D eigenvalue weighted by Crippen LogP contribution is 2.23. The van der Waals surface area contributed by atoms with Gasteiger partial charge in [-0.1, -0.05) is 12.2 Å². The van der Waals surface area contributed by atoms with E-state index in [-0.39, 0.29) is 0 Å². The minimum atomic E-state index is 0.403. The van der Waals surface area contributed by atoms with Crippen LogP contribution in [0.5, 0.6) is 0 Å². The molecule has 0 aliphatic carbocycles. The number of nitrogens with zero attached hydrogens (tertiary/aromatic N) is 3. The van der Waals surface area contributed by atoms with Gasteiger partial charge in [0.05, 0.1) is 5.69 Å². The van der Waals surface area contributed by atoms with Gasteiger partial charge in [-0.05, 0) is 31.2 Å². The van der Waals surface area contributed by atoms with Crippen LogP contribution in [0.15, 0.2) is 36.7 Å². The standard InChI is InChI=1S/C13H14N4S/c1-9-13(16-8-7-15-9)17(2)11-5-3-10(4-6-11)12(14)18/h3-8H,1-2H3,(H2,14,18). The Balaban J connectivity index is 2.32. The van der Waals surface area contributed by atoms with E-state index >= 15 is 0 Å². The number of hydrogen-bond acceptors (Lipinski definition) is 4. The first kappa shape index (κ1) is 12.4. The normalized spacial score (nSPS) is 10.1. The smallest absolute Gasteiger partial charge is 0.154 e. The lowest BCUT2D eigenvalue weighted by Crippen LogP contribution is -2.14. The summed E-state index contributed by atoms with van der Waals surface area (Å²) in [6.45, 7) is 1.93. The van der Waals surface area contributed by atoms with Crippen LogP contribution in [0.3, 0.4) is 0 Å². The Morgan fingerprint density at radius 2 is 1.78 bits per heavy atom. The fraction of sp³-hybridized carbons (Fsp3) is 0.154. The van der Waals surface area contributed by atoms with Gasteiger partial charge in [0.25, 0.3) is 0 Å². The molecule has 2 rings (SSSR count). The first-order valence-corrected chi connectivity index (χ1v) is 5.91. The maximum Gasteiger partial charge on any atom is 0.154 e. The van der Waals surface area contributed by atoms with Crippen LogP contribution >= 0.6 is 12.2 Å². The number of rotatable bonds is 3. The van der Waals surface area contributed by atoms with E-state index in [2.05, 4.69) is 9.97 Å². The molecule has 1 aromatic carbocycles. The van der Waals surface area contributed by atoms with Crippen LogP contribution < -0.4 is 10.6 Å². The lowest BCUT2D eigenvalue weighted by molar-refractivity contribution is 1.04. The number of aryl methyl sites for hydroxylation is 1. The molecule has 0 atom stereocenters. The Kier molecular flexibility index (Phi) is 3.53. The van der Waals surface area contributed by atoms with Gasteiger partial charge in [0.1, 0.15) is 4.99 Å². The molecule has 0 spiro atoms. The summed E-state index contributed by atoms with van der Waals surface area (Å²) in [5, 5.41) is 0. The van der Waals surface area contributed by atoms with Gasteiger partial charge in [-0.3, -0.25) is 4.98 Å². The third-order valence-corrected chi connectivity index (χ3v) is 2.95. The highest BCUT2D eigenvalue weighted by Gasteiger charge is 2.08. The molecule has 92 valence electrons. The van der Waals surface area contributed by atoms with Crippen molar-refractivity contribution in [2.75, 3.05) is 11.9 Å². The SMILES string of the molecule is Cc1nccnc1N(C)c1ccc(C(N)=S)cc1. The molecule has 0 unspecified atom stereocenters. The zero-order chi connectivity index (χ0) is 13.1. The summed E-state index contributed by atoms with van der Waals surface area (Å²) in [5.41, 5.74) is 8.33. The van der Waals surface area contributed by atoms with E-state index in [1.807, 2.05) is 43.1 Å². The van der Waals surface area contributed by atoms with Crippen LogP contribution in [0.2, 0.25) is 0 Å². The minimum absolute atomic E-state index is 0.403. The van der Waals surface area contributed by atoms with Crippen molar-refractivity contribution in [3.63, 3.8) is 0 Å². The monoisotopic (exact) mass is 258 g/mol. The second-order valence-electron chi connectivity index (χ2n) is 3.94. The van der Waals surface area contributed by atoms with E-state index in [0.29, 0.717) is 4.99 Å². The number of aromatic nitrogens is 2. The van der Waals surface area contributed by atoms with E-state index in [4.69, 9.17) is 18.0 Å². The summed E-state index contributed by atoms with van der Waals surface area (Å²) < 4.78 is 0. The van der Waals surface area contributed by atoms with Crippen molar-refractivity contribution in [1.82, 2.24) is 9.97 Å². The van der Waals surface area contributed by atoms with Crippen molar-refractivity contribution in [2.45, 2.75) is 6.92 Å². The fourth-order valence-corrected chi connectivity index (χ4v) is 1.84. The van der Waals surface area contributed by atoms with Crippen LogP contribution in [0.1, 0.15) is 11.3 Å². The topological polar surface area (TPSA) is 55.0 Å². The molecule has 0 aliphatic heterocycles. The highest BCUT2D eigenvalue weighted by atomic mass is 32.1. The van der Waals surface area contributed by atoms with Crippen molar-refractivity contribution >= 4 is 28.7 Å². The van der Waals surface area contributed by atoms with E-state index in [0.717, 1.165) is 22.8 Å². The second-order valence-corrected chi connectivity index (χ2v) is 4.38. The van der Waals surface area contributed by atoms with Crippen LogP contribution in [-0.2, 0) is 0 Å². The molecule has 0 aliphatic rings. The summed E-state index contributed by atoms with van der Waals surface area (Å²) in [7, 11) is 1.95. The zero-order valence-corrected chi connectivity index (χ0v) is 11.1. The van der Waals surface area contributed by atoms with Crippen LogP contribution in [-0.4, -0.2) is 22.0 Å². The van der Waals surface area contributed by atoms with Crippen molar-refractivity contribution in [3.8, 4) is 0 Å². The Hall–Kier alpha value is -2.01. The summed E-state index contributed by atoms with van der Waals surface area (Å²) in [6.07, 6.45) is 3.37. The first-order valence-electron chi connectivity index (χ1n) is 5.51. The molecule has 2 aromatic rings. The Morgan fingerprint density at radius 3 is 2.33 bits per heavy atom. The molecular formula is C13H14N4S. The summed E-state index contributed by atoms with van der Waals surface area (Å²) >= 11 is 4.93. The summed E-state index contributed by atoms with van der Waals surface area (Å²) in [4.78, 5) is 10.9. The van der Waals surface area contributed by atoms with E-state index in [1.165, 1.54) is 0 Å². The third-order valence-electron chi connectivity index (χ3n) is 2.71. The molecule has 1 heterocycles. The maximum absolute atomic E-state index is 5.57. The van der Waals surface area contributed by atoms with Crippen molar-refractivity contribution in [1.29, 1.82) is 0 Å². The van der Waals surface area contributed by atoms with Gasteiger partial charge in [0.15, 0.2) is 5.82 Å². The molecule has 4 nitrogen and oxygen atoms in total. The molecule has 0 amide bonds. The third kappa shape index (κ3) is 2.46. The first-order chi connectivity index (χ1) is 8.59. The van der Waals surface area contributed by atoms with Gasteiger partial charge < -0.3 is 10.6 Å². The average molecular weight is 258 g/mol. The minimum Gasteiger partial charge on any atom is -0.389 e. The maximum atomic E-state index is 5.57. The van der Waals surface area contributed by atoms with Gasteiger partial charge in [-0.25, -0.2) is 4.98 Å². The van der Waals surface area contributed by atoms with Gasteiger partial charge >= 0.3 is 0 Å². The largest absolute Gasteiger partial charge is 0.389 e. The van der Waals surface area contributed by atoms with Gasteiger partial charge in [-0.15, -0.1) is 0 Å². The van der Waals surface area contributed by atoms with Crippen LogP contribution in [0, 0.1) is 6.92 Å². The number of anilines is 2. The van der Waals surface area contributed by atoms with Crippen molar-refractivity contribution in [2.24, 2.45) is 5.73 Å². The molecule has 18 heavy (non-hydrogen) atoms. The molecule has 1 aromatic heterocycles. The Bertz CT molecular complexity index is 565. The van der Waals surface area contributed by atoms with Crippen molar-refractivity contribution < 1.29 is 0 Å². The molecule has 0 fully saturated rings. The number of thiocarbonyl (C=S) groups is 1. The molecular weight excluding hydrogens is 244 g/mol. The van der Waals surface area contributed by atoms with Gasteiger partial charge in [0.2, 0.25) is 0 Å². The molecule has 0 bridgehead atoms. The fourth-order valence-electron chi connectivity index (χ4n) is 1.70. The second kappa shape index (κ2) is 5.10. The molecule has 5 heteroatoms. The number of hydrogen-bond donors (Lipinski definition) is 1. The molecule has 0 saturated carbocycles. The molecule has 0 saturated heterocycles. The molecule has 0 radical (unpaired) electrons. The quantitative estimate of drug-likeness (QED) is 0.855. The average Bonchev–Trinajstić information content (AvgIpc) is 2.38. The zero-order valence-electron chi connectivity index (χ0n) is 10.3. The van der Waals surface area contributed by atoms with Gasteiger partial charge in [0, 0.05) is 30.7 Å². The predicted octanol–water partition coefficient (Wildman–Crippen LogP) is 2.19. The Morgan fingerprint density at radius 1 is 1.17 bits per heavy atom. The Labute approximate surface area is 111 Å². The molecule has 2 N–H and O–H groups in total. The van der Waals surface area contributed by atoms with Crippen LogP contribution in [0.4, 0.5) is 11.5 Å². The lowest BCUT2D eigenvalue weighted by Gasteiger charge is -2.19. The van der Waals surface area contributed by atoms with Crippen LogP contribution in [0.25, 0.3) is 0 Å². The van der Waals surface area contributed by atoms with Gasteiger partial charge in [-0.2, -0.15) is 0 Å². The van der Waals surface area contributed by atoms with E-state index < -0.39 is 0 Å². The lowest BCUT2D eigenvalue weighted by atomic mass is 10.2. The summed E-state index contributed by atoms with van der Waals surface area (Å²) in [6, 6.07) is 7.73. The number of nitrogens with two attached hydrogens (primary N) is 1. The van der Waals surface area contributed by atoms with E-state index in [9.17, 15) is 0 Å². The van der Waals surface area contributed by atoms with E-state index in [1.54, 1.807) is 12.4 Å². The van der Waals surface area contributed by atoms with Crippen molar-refractivity contribution in [3.05, 3.63) is 47.9 Å².